The van der Waals surface area contributed by atoms with E-state index in [2.05, 4.69) is 82.7 Å². The molecule has 3 aromatic rings. The van der Waals surface area contributed by atoms with Crippen LogP contribution in [0.25, 0.3) is 5.82 Å². The monoisotopic (exact) mass is 434 g/mol. The SMILES string of the molecule is Cc1cccnc1-n1c(C)cc([C@@H]2[C@@H](c3ccccn3)NC(=S)N2CCN(C)C)c1C. The summed E-state index contributed by atoms with van der Waals surface area (Å²) < 4.78 is 2.26. The standard InChI is InChI=1S/C24H30N6S/c1-16-9-8-12-26-23(16)30-17(2)15-19(18(30)3)22-21(20-10-6-7-11-25-20)27-24(31)29(22)14-13-28(4)5/h6-12,15,21-22H,13-14H2,1-5H3,(H,27,31)/t21-,22-/m1/s1. The van der Waals surface area contributed by atoms with E-state index >= 15 is 0 Å². The molecule has 0 spiro atoms. The fourth-order valence-electron chi connectivity index (χ4n) is 4.42. The van der Waals surface area contributed by atoms with Crippen molar-refractivity contribution in [2.45, 2.75) is 32.9 Å². The molecule has 1 aliphatic heterocycles. The van der Waals surface area contributed by atoms with Gasteiger partial charge in [0, 0.05) is 36.9 Å². The van der Waals surface area contributed by atoms with Crippen LogP contribution in [0.4, 0.5) is 0 Å². The third-order valence-electron chi connectivity index (χ3n) is 5.97. The van der Waals surface area contributed by atoms with Crippen LogP contribution in [-0.2, 0) is 0 Å². The molecule has 7 heteroatoms. The molecular weight excluding hydrogens is 404 g/mol. The summed E-state index contributed by atoms with van der Waals surface area (Å²) in [4.78, 5) is 13.8. The number of aromatic nitrogens is 3. The van der Waals surface area contributed by atoms with Gasteiger partial charge in [-0.3, -0.25) is 4.98 Å². The molecular formula is C24H30N6S. The van der Waals surface area contributed by atoms with Crippen LogP contribution in [0.1, 0.15) is 40.3 Å². The van der Waals surface area contributed by atoms with Gasteiger partial charge in [0.25, 0.3) is 0 Å². The van der Waals surface area contributed by atoms with Crippen LogP contribution in [0, 0.1) is 20.8 Å². The fourth-order valence-corrected chi connectivity index (χ4v) is 4.75. The van der Waals surface area contributed by atoms with Gasteiger partial charge in [-0.2, -0.15) is 0 Å². The Kier molecular flexibility index (Phi) is 6.07. The molecule has 6 nitrogen and oxygen atoms in total. The van der Waals surface area contributed by atoms with Gasteiger partial charge in [0.05, 0.1) is 17.8 Å². The number of hydrogen-bond donors (Lipinski definition) is 1. The summed E-state index contributed by atoms with van der Waals surface area (Å²) in [6, 6.07) is 12.5. The van der Waals surface area contributed by atoms with Gasteiger partial charge >= 0.3 is 0 Å². The second kappa shape index (κ2) is 8.77. The summed E-state index contributed by atoms with van der Waals surface area (Å²) >= 11 is 5.79. The first-order valence-corrected chi connectivity index (χ1v) is 11.0. The van der Waals surface area contributed by atoms with E-state index in [0.29, 0.717) is 0 Å². The van der Waals surface area contributed by atoms with Crippen LogP contribution in [-0.4, -0.2) is 56.6 Å². The van der Waals surface area contributed by atoms with Crippen molar-refractivity contribution >= 4 is 17.3 Å². The Hall–Kier alpha value is -2.77. The van der Waals surface area contributed by atoms with Crippen molar-refractivity contribution in [2.75, 3.05) is 27.2 Å². The third kappa shape index (κ3) is 4.07. The summed E-state index contributed by atoms with van der Waals surface area (Å²) in [5, 5.41) is 4.33. The highest BCUT2D eigenvalue weighted by atomic mass is 32.1. The zero-order valence-corrected chi connectivity index (χ0v) is 19.6. The van der Waals surface area contributed by atoms with Crippen molar-refractivity contribution in [1.82, 2.24) is 29.7 Å². The highest BCUT2D eigenvalue weighted by Gasteiger charge is 2.41. The van der Waals surface area contributed by atoms with E-state index in [1.807, 2.05) is 30.6 Å². The molecule has 1 aliphatic rings. The first-order chi connectivity index (χ1) is 14.9. The molecule has 0 radical (unpaired) electrons. The molecule has 162 valence electrons. The quantitative estimate of drug-likeness (QED) is 0.597. The average Bonchev–Trinajstić information content (AvgIpc) is 3.23. The molecule has 0 unspecified atom stereocenters. The van der Waals surface area contributed by atoms with Gasteiger partial charge in [0.15, 0.2) is 5.11 Å². The molecule has 3 aromatic heterocycles. The zero-order valence-electron chi connectivity index (χ0n) is 18.8. The first-order valence-electron chi connectivity index (χ1n) is 10.6. The maximum atomic E-state index is 5.79. The largest absolute Gasteiger partial charge is 0.352 e. The third-order valence-corrected chi connectivity index (χ3v) is 6.32. The Morgan fingerprint density at radius 3 is 2.52 bits per heavy atom. The number of thiocarbonyl (C=S) groups is 1. The Labute approximate surface area is 189 Å². The Bertz CT molecular complexity index is 1070. The number of hydrogen-bond acceptors (Lipinski definition) is 4. The average molecular weight is 435 g/mol. The number of aryl methyl sites for hydroxylation is 2. The van der Waals surface area contributed by atoms with Crippen LogP contribution in [0.2, 0.25) is 0 Å². The predicted octanol–water partition coefficient (Wildman–Crippen LogP) is 3.73. The van der Waals surface area contributed by atoms with Crippen molar-refractivity contribution < 1.29 is 0 Å². The van der Waals surface area contributed by atoms with Gasteiger partial charge in [-0.1, -0.05) is 12.1 Å². The van der Waals surface area contributed by atoms with Crippen LogP contribution in [0.5, 0.6) is 0 Å². The lowest BCUT2D eigenvalue weighted by Crippen LogP contribution is -2.35. The zero-order chi connectivity index (χ0) is 22.1. The minimum absolute atomic E-state index is 0.00496. The van der Waals surface area contributed by atoms with Crippen molar-refractivity contribution in [3.63, 3.8) is 0 Å². The van der Waals surface area contributed by atoms with E-state index < -0.39 is 0 Å². The molecule has 0 bridgehead atoms. The number of likely N-dealkylation sites (N-methyl/N-ethyl adjacent to an activating group) is 1. The van der Waals surface area contributed by atoms with E-state index in [9.17, 15) is 0 Å². The van der Waals surface area contributed by atoms with Gasteiger partial charge in [-0.15, -0.1) is 0 Å². The minimum Gasteiger partial charge on any atom is -0.352 e. The topological polar surface area (TPSA) is 49.2 Å². The molecule has 4 rings (SSSR count). The number of rotatable bonds is 6. The summed E-state index contributed by atoms with van der Waals surface area (Å²) in [5.41, 5.74) is 5.76. The summed E-state index contributed by atoms with van der Waals surface area (Å²) in [5.74, 6) is 0.978. The first kappa shape index (κ1) is 21.5. The molecule has 31 heavy (non-hydrogen) atoms. The normalized spacial score (nSPS) is 18.6. The lowest BCUT2D eigenvalue weighted by Gasteiger charge is -2.29. The van der Waals surface area contributed by atoms with Gasteiger partial charge in [-0.05, 0) is 82.5 Å². The van der Waals surface area contributed by atoms with Crippen LogP contribution in [0.15, 0.2) is 48.8 Å². The Morgan fingerprint density at radius 2 is 1.84 bits per heavy atom. The van der Waals surface area contributed by atoms with Gasteiger partial charge in [-0.25, -0.2) is 4.98 Å². The Morgan fingerprint density at radius 1 is 1.06 bits per heavy atom. The van der Waals surface area contributed by atoms with Crippen molar-refractivity contribution in [3.05, 3.63) is 77.0 Å². The van der Waals surface area contributed by atoms with E-state index in [-0.39, 0.29) is 12.1 Å². The second-order valence-corrected chi connectivity index (χ2v) is 8.82. The van der Waals surface area contributed by atoms with E-state index in [4.69, 9.17) is 12.2 Å². The summed E-state index contributed by atoms with van der Waals surface area (Å²) in [6.07, 6.45) is 3.70. The summed E-state index contributed by atoms with van der Waals surface area (Å²) in [6.45, 7) is 8.19. The van der Waals surface area contributed by atoms with E-state index in [1.54, 1.807) is 0 Å². The molecule has 2 atom stereocenters. The predicted molar refractivity (Wildman–Crippen MR) is 128 cm³/mol. The maximum absolute atomic E-state index is 5.79. The van der Waals surface area contributed by atoms with Crippen molar-refractivity contribution in [2.24, 2.45) is 0 Å². The Balaban J connectivity index is 1.82. The number of nitrogens with zero attached hydrogens (tertiary/aromatic N) is 5. The number of pyridine rings is 2. The second-order valence-electron chi connectivity index (χ2n) is 8.43. The highest BCUT2D eigenvalue weighted by Crippen LogP contribution is 2.41. The van der Waals surface area contributed by atoms with E-state index in [0.717, 1.165) is 35.3 Å². The highest BCUT2D eigenvalue weighted by molar-refractivity contribution is 7.80. The summed E-state index contributed by atoms with van der Waals surface area (Å²) in [7, 11) is 4.18. The lowest BCUT2D eigenvalue weighted by atomic mass is 9.97. The van der Waals surface area contributed by atoms with Crippen molar-refractivity contribution in [3.8, 4) is 5.82 Å². The van der Waals surface area contributed by atoms with Gasteiger partial charge in [0.2, 0.25) is 0 Å². The molecule has 0 saturated carbocycles. The van der Waals surface area contributed by atoms with Crippen molar-refractivity contribution in [1.29, 1.82) is 0 Å². The minimum atomic E-state index is -0.00496. The van der Waals surface area contributed by atoms with Crippen LogP contribution < -0.4 is 5.32 Å². The van der Waals surface area contributed by atoms with E-state index in [1.165, 1.54) is 17.0 Å². The molecule has 0 aromatic carbocycles. The van der Waals surface area contributed by atoms with Crippen LogP contribution in [0.3, 0.4) is 0 Å². The number of nitrogens with one attached hydrogen (secondary N) is 1. The molecule has 0 aliphatic carbocycles. The lowest BCUT2D eigenvalue weighted by molar-refractivity contribution is 0.277. The van der Waals surface area contributed by atoms with Crippen LogP contribution >= 0.6 is 12.2 Å². The van der Waals surface area contributed by atoms with Gasteiger partial charge < -0.3 is 19.7 Å². The molecule has 0 amide bonds. The molecule has 1 N–H and O–H groups in total. The smallest absolute Gasteiger partial charge is 0.170 e. The van der Waals surface area contributed by atoms with Gasteiger partial charge in [0.1, 0.15) is 5.82 Å². The molecule has 4 heterocycles. The molecule has 1 saturated heterocycles. The fraction of sp³-hybridized carbons (Fsp3) is 0.375. The molecule has 1 fully saturated rings. The maximum Gasteiger partial charge on any atom is 0.170 e.